The summed E-state index contributed by atoms with van der Waals surface area (Å²) >= 11 is 5.74. The molecule has 1 amide bonds. The van der Waals surface area contributed by atoms with Gasteiger partial charge in [0.1, 0.15) is 5.69 Å². The maximum absolute atomic E-state index is 12.9. The first kappa shape index (κ1) is 21.7. The lowest BCUT2D eigenvalue weighted by Gasteiger charge is -2.15. The fourth-order valence-corrected chi connectivity index (χ4v) is 3.17. The number of aromatic nitrogens is 3. The van der Waals surface area contributed by atoms with Crippen LogP contribution in [-0.2, 0) is 6.18 Å². The Bertz CT molecular complexity index is 1030. The number of pyridine rings is 1. The molecule has 1 unspecified atom stereocenters. The van der Waals surface area contributed by atoms with Crippen molar-refractivity contribution in [2.45, 2.75) is 25.4 Å². The number of carbonyl (C=O) groups is 1. The molecule has 0 saturated carbocycles. The zero-order valence-corrected chi connectivity index (χ0v) is 16.7. The number of nitrogens with one attached hydrogen (secondary N) is 1. The second-order valence-electron chi connectivity index (χ2n) is 6.68. The molecule has 3 aromatic rings. The third kappa shape index (κ3) is 5.33. The number of alkyl halides is 3. The highest BCUT2D eigenvalue weighted by molar-refractivity contribution is 6.31. The van der Waals surface area contributed by atoms with Crippen molar-refractivity contribution < 1.29 is 18.0 Å². The van der Waals surface area contributed by atoms with E-state index in [0.717, 1.165) is 17.8 Å². The van der Waals surface area contributed by atoms with Gasteiger partial charge in [-0.15, -0.1) is 0 Å². The second-order valence-corrected chi connectivity index (χ2v) is 7.11. The van der Waals surface area contributed by atoms with Gasteiger partial charge in [0.25, 0.3) is 5.91 Å². The number of rotatable bonds is 6. The summed E-state index contributed by atoms with van der Waals surface area (Å²) in [5.41, 5.74) is 0.966. The van der Waals surface area contributed by atoms with Crippen LogP contribution in [-0.4, -0.2) is 27.4 Å². The highest BCUT2D eigenvalue weighted by Crippen LogP contribution is 2.32. The summed E-state index contributed by atoms with van der Waals surface area (Å²) in [5, 5.41) is 2.49. The number of halogens is 4. The van der Waals surface area contributed by atoms with E-state index < -0.39 is 17.6 Å². The van der Waals surface area contributed by atoms with Crippen molar-refractivity contribution >= 4 is 17.5 Å². The van der Waals surface area contributed by atoms with Gasteiger partial charge >= 0.3 is 6.18 Å². The Kier molecular flexibility index (Phi) is 6.66. The molecule has 3 rings (SSSR count). The third-order valence-corrected chi connectivity index (χ3v) is 4.67. The van der Waals surface area contributed by atoms with Crippen molar-refractivity contribution in [3.05, 3.63) is 76.8 Å². The van der Waals surface area contributed by atoms with Crippen molar-refractivity contribution in [3.8, 4) is 11.4 Å². The summed E-state index contributed by atoms with van der Waals surface area (Å²) in [6.07, 6.45) is 0.763. The van der Waals surface area contributed by atoms with E-state index >= 15 is 0 Å². The van der Waals surface area contributed by atoms with Gasteiger partial charge in [0.15, 0.2) is 0 Å². The normalized spacial score (nSPS) is 12.4. The van der Waals surface area contributed by atoms with Gasteiger partial charge in [-0.1, -0.05) is 24.6 Å². The molecule has 1 atom stereocenters. The molecule has 0 aliphatic rings. The van der Waals surface area contributed by atoms with E-state index in [9.17, 15) is 18.0 Å². The molecule has 1 aromatic carbocycles. The fraction of sp³-hybridized carbons (Fsp3) is 0.238. The first-order chi connectivity index (χ1) is 14.3. The Labute approximate surface area is 176 Å². The van der Waals surface area contributed by atoms with Gasteiger partial charge in [-0.05, 0) is 36.8 Å². The monoisotopic (exact) mass is 434 g/mol. The lowest BCUT2D eigenvalue weighted by atomic mass is 10.00. The number of hydrogen-bond acceptors (Lipinski definition) is 4. The van der Waals surface area contributed by atoms with Crippen LogP contribution >= 0.6 is 11.6 Å². The average Bonchev–Trinajstić information content (AvgIpc) is 2.73. The minimum atomic E-state index is -4.58. The summed E-state index contributed by atoms with van der Waals surface area (Å²) < 4.78 is 38.8. The third-order valence-electron chi connectivity index (χ3n) is 4.45. The molecule has 0 aliphatic heterocycles. The zero-order valence-electron chi connectivity index (χ0n) is 15.9. The van der Waals surface area contributed by atoms with Gasteiger partial charge in [0.2, 0.25) is 0 Å². The van der Waals surface area contributed by atoms with E-state index in [1.807, 2.05) is 19.1 Å². The minimum absolute atomic E-state index is 0.0684. The first-order valence-electron chi connectivity index (χ1n) is 9.14. The molecule has 2 aromatic heterocycles. The van der Waals surface area contributed by atoms with Crippen molar-refractivity contribution in [3.63, 3.8) is 0 Å². The van der Waals surface area contributed by atoms with Crippen LogP contribution in [0, 0.1) is 0 Å². The minimum Gasteiger partial charge on any atom is -0.352 e. The Balaban J connectivity index is 1.67. The maximum Gasteiger partial charge on any atom is 0.416 e. The predicted octanol–water partition coefficient (Wildman–Crippen LogP) is 5.13. The molecule has 30 heavy (non-hydrogen) atoms. The van der Waals surface area contributed by atoms with Gasteiger partial charge < -0.3 is 5.32 Å². The summed E-state index contributed by atoms with van der Waals surface area (Å²) in [6, 6.07) is 8.27. The fourth-order valence-electron chi connectivity index (χ4n) is 2.93. The number of benzene rings is 1. The number of carbonyl (C=O) groups excluding carboxylic acids is 1. The molecule has 0 aliphatic carbocycles. The summed E-state index contributed by atoms with van der Waals surface area (Å²) in [7, 11) is 0. The molecule has 1 N–H and O–H groups in total. The molecular weight excluding hydrogens is 417 g/mol. The SMILES string of the molecule is CC(CCNC(=O)c1cc(Cl)cc(C(F)(F)F)c1)c1nccnc1-c1ccccn1. The van der Waals surface area contributed by atoms with E-state index in [0.29, 0.717) is 17.8 Å². The largest absolute Gasteiger partial charge is 0.416 e. The van der Waals surface area contributed by atoms with E-state index in [1.54, 1.807) is 24.7 Å². The number of hydrogen-bond donors (Lipinski definition) is 1. The molecule has 0 radical (unpaired) electrons. The van der Waals surface area contributed by atoms with Gasteiger partial charge in [-0.2, -0.15) is 13.2 Å². The van der Waals surface area contributed by atoms with Crippen molar-refractivity contribution in [1.29, 1.82) is 0 Å². The van der Waals surface area contributed by atoms with E-state index in [4.69, 9.17) is 11.6 Å². The second kappa shape index (κ2) is 9.21. The summed E-state index contributed by atoms with van der Waals surface area (Å²) in [5.74, 6) is -0.694. The van der Waals surface area contributed by atoms with Gasteiger partial charge in [0.05, 0.1) is 17.0 Å². The van der Waals surface area contributed by atoms with Gasteiger partial charge in [0, 0.05) is 41.6 Å². The molecule has 156 valence electrons. The van der Waals surface area contributed by atoms with E-state index in [2.05, 4.69) is 20.3 Å². The highest BCUT2D eigenvalue weighted by Gasteiger charge is 2.31. The van der Waals surface area contributed by atoms with Crippen LogP contribution in [0.5, 0.6) is 0 Å². The van der Waals surface area contributed by atoms with Gasteiger partial charge in [-0.3, -0.25) is 19.7 Å². The van der Waals surface area contributed by atoms with Crippen LogP contribution < -0.4 is 5.32 Å². The van der Waals surface area contributed by atoms with Crippen molar-refractivity contribution in [1.82, 2.24) is 20.3 Å². The van der Waals surface area contributed by atoms with Crippen molar-refractivity contribution in [2.75, 3.05) is 6.54 Å². The molecular formula is C21H18ClF3N4O. The summed E-state index contributed by atoms with van der Waals surface area (Å²) in [6.45, 7) is 2.18. The maximum atomic E-state index is 12.9. The van der Waals surface area contributed by atoms with E-state index in [-0.39, 0.29) is 23.0 Å². The van der Waals surface area contributed by atoms with Crippen LogP contribution in [0.4, 0.5) is 13.2 Å². The topological polar surface area (TPSA) is 67.8 Å². The van der Waals surface area contributed by atoms with Gasteiger partial charge in [-0.25, -0.2) is 0 Å². The Morgan fingerprint density at radius 3 is 2.57 bits per heavy atom. The zero-order chi connectivity index (χ0) is 21.7. The van der Waals surface area contributed by atoms with Crippen LogP contribution in [0.15, 0.2) is 55.0 Å². The van der Waals surface area contributed by atoms with Crippen LogP contribution in [0.25, 0.3) is 11.4 Å². The van der Waals surface area contributed by atoms with E-state index in [1.165, 1.54) is 6.07 Å². The standard InChI is InChI=1S/C21H18ClF3N4O/c1-13(18-19(28-9-8-27-18)17-4-2-3-6-26-17)5-7-29-20(30)14-10-15(21(23,24)25)12-16(22)11-14/h2-4,6,8-13H,5,7H2,1H3,(H,29,30). The molecule has 0 spiro atoms. The molecule has 9 heteroatoms. The van der Waals surface area contributed by atoms with Crippen LogP contribution in [0.2, 0.25) is 5.02 Å². The van der Waals surface area contributed by atoms with Crippen LogP contribution in [0.1, 0.15) is 40.9 Å². The van der Waals surface area contributed by atoms with Crippen LogP contribution in [0.3, 0.4) is 0 Å². The Morgan fingerprint density at radius 2 is 1.87 bits per heavy atom. The first-order valence-corrected chi connectivity index (χ1v) is 9.52. The predicted molar refractivity (Wildman–Crippen MR) is 107 cm³/mol. The quantitative estimate of drug-likeness (QED) is 0.583. The Morgan fingerprint density at radius 1 is 1.10 bits per heavy atom. The Hall–Kier alpha value is -3.00. The summed E-state index contributed by atoms with van der Waals surface area (Å²) in [4.78, 5) is 25.4. The molecule has 0 fully saturated rings. The smallest absolute Gasteiger partial charge is 0.352 e. The molecule has 5 nitrogen and oxygen atoms in total. The number of amides is 1. The molecule has 2 heterocycles. The highest BCUT2D eigenvalue weighted by atomic mass is 35.5. The lowest BCUT2D eigenvalue weighted by Crippen LogP contribution is -2.26. The van der Waals surface area contributed by atoms with Crippen molar-refractivity contribution in [2.24, 2.45) is 0 Å². The molecule has 0 saturated heterocycles. The number of nitrogens with zero attached hydrogens (tertiary/aromatic N) is 3. The lowest BCUT2D eigenvalue weighted by molar-refractivity contribution is -0.137. The molecule has 0 bridgehead atoms. The average molecular weight is 435 g/mol.